The first-order chi connectivity index (χ1) is 13.6. The van der Waals surface area contributed by atoms with Gasteiger partial charge in [0.05, 0.1) is 0 Å². The molecule has 0 spiro atoms. The van der Waals surface area contributed by atoms with E-state index >= 15 is 0 Å². The van der Waals surface area contributed by atoms with E-state index in [-0.39, 0.29) is 0 Å². The Morgan fingerprint density at radius 1 is 1.11 bits per heavy atom. The van der Waals surface area contributed by atoms with Crippen LogP contribution >= 0.6 is 11.6 Å². The number of aryl methyl sites for hydroxylation is 1. The third-order valence-electron chi connectivity index (χ3n) is 4.96. The van der Waals surface area contributed by atoms with Crippen molar-refractivity contribution in [3.8, 4) is 11.1 Å². The van der Waals surface area contributed by atoms with Crippen LogP contribution in [0.1, 0.15) is 43.9 Å². The molecule has 0 radical (unpaired) electrons. The van der Waals surface area contributed by atoms with Crippen molar-refractivity contribution >= 4 is 28.3 Å². The smallest absolute Gasteiger partial charge is 0.337 e. The topological polar surface area (TPSA) is 46.5 Å². The molecule has 3 rings (SSSR count). The van der Waals surface area contributed by atoms with Crippen molar-refractivity contribution in [3.05, 3.63) is 70.7 Å². The normalized spacial score (nSPS) is 12.2. The number of benzene rings is 3. The van der Waals surface area contributed by atoms with Gasteiger partial charge in [-0.3, -0.25) is 0 Å². The van der Waals surface area contributed by atoms with Gasteiger partial charge >= 0.3 is 5.97 Å². The van der Waals surface area contributed by atoms with Crippen LogP contribution < -0.4 is 0 Å². The maximum absolute atomic E-state index is 12.2. The van der Waals surface area contributed by atoms with Crippen LogP contribution in [0.3, 0.4) is 0 Å². The van der Waals surface area contributed by atoms with Crippen LogP contribution in [0.15, 0.2) is 54.6 Å². The molecule has 146 valence electrons. The Labute approximate surface area is 170 Å². The first-order valence-corrected chi connectivity index (χ1v) is 10.1. The lowest BCUT2D eigenvalue weighted by atomic mass is 9.86. The highest BCUT2D eigenvalue weighted by atomic mass is 35.5. The third-order valence-corrected chi connectivity index (χ3v) is 5.21. The fourth-order valence-corrected chi connectivity index (χ4v) is 3.69. The number of ether oxygens (including phenoxy) is 1. The van der Waals surface area contributed by atoms with Crippen molar-refractivity contribution in [3.63, 3.8) is 0 Å². The van der Waals surface area contributed by atoms with Crippen molar-refractivity contribution in [2.75, 3.05) is 6.61 Å². The molecule has 28 heavy (non-hydrogen) atoms. The van der Waals surface area contributed by atoms with Crippen molar-refractivity contribution in [1.29, 1.82) is 0 Å². The Morgan fingerprint density at radius 2 is 1.82 bits per heavy atom. The number of carboxylic acids is 1. The average Bonchev–Trinajstić information content (AvgIpc) is 2.70. The van der Waals surface area contributed by atoms with Crippen molar-refractivity contribution in [1.82, 2.24) is 0 Å². The van der Waals surface area contributed by atoms with Gasteiger partial charge in [0.15, 0.2) is 6.10 Å². The van der Waals surface area contributed by atoms with Crippen LogP contribution in [0.2, 0.25) is 5.02 Å². The second-order valence-electron chi connectivity index (χ2n) is 6.85. The third kappa shape index (κ3) is 4.21. The molecule has 0 aliphatic rings. The van der Waals surface area contributed by atoms with Crippen LogP contribution in [-0.4, -0.2) is 17.7 Å². The van der Waals surface area contributed by atoms with E-state index in [2.05, 4.69) is 19.1 Å². The molecule has 0 heterocycles. The fourth-order valence-electron chi connectivity index (χ4n) is 3.56. The second kappa shape index (κ2) is 9.22. The summed E-state index contributed by atoms with van der Waals surface area (Å²) in [5, 5.41) is 12.7. The maximum atomic E-state index is 12.2. The van der Waals surface area contributed by atoms with Crippen LogP contribution in [-0.2, 0) is 16.0 Å². The first kappa shape index (κ1) is 20.4. The number of fused-ring (bicyclic) bond motifs is 1. The van der Waals surface area contributed by atoms with E-state index in [4.69, 9.17) is 16.3 Å². The number of rotatable bonds is 8. The number of hydrogen-bond donors (Lipinski definition) is 1. The summed E-state index contributed by atoms with van der Waals surface area (Å²) in [5.74, 6) is -0.962. The van der Waals surface area contributed by atoms with Crippen LogP contribution in [0, 0.1) is 0 Å². The second-order valence-corrected chi connectivity index (χ2v) is 7.29. The zero-order chi connectivity index (χ0) is 20.1. The van der Waals surface area contributed by atoms with Crippen LogP contribution in [0.5, 0.6) is 0 Å². The summed E-state index contributed by atoms with van der Waals surface area (Å²) in [6.45, 7) is 4.53. The largest absolute Gasteiger partial charge is 0.479 e. The van der Waals surface area contributed by atoms with E-state index in [1.807, 2.05) is 49.4 Å². The van der Waals surface area contributed by atoms with Gasteiger partial charge in [-0.1, -0.05) is 74.3 Å². The Hall–Kier alpha value is -2.36. The molecule has 0 aliphatic heterocycles. The van der Waals surface area contributed by atoms with Gasteiger partial charge in [0, 0.05) is 17.2 Å². The minimum Gasteiger partial charge on any atom is -0.479 e. The predicted octanol–water partition coefficient (Wildman–Crippen LogP) is 6.67. The number of carbonyl (C=O) groups is 1. The maximum Gasteiger partial charge on any atom is 0.337 e. The highest BCUT2D eigenvalue weighted by Crippen LogP contribution is 2.40. The molecule has 0 saturated heterocycles. The molecule has 3 nitrogen and oxygen atoms in total. The molecule has 0 aliphatic carbocycles. The van der Waals surface area contributed by atoms with Crippen molar-refractivity contribution in [2.24, 2.45) is 0 Å². The molecule has 0 amide bonds. The molecule has 0 aromatic heterocycles. The minimum absolute atomic E-state index is 0.420. The van der Waals surface area contributed by atoms with E-state index in [1.54, 1.807) is 0 Å². The van der Waals surface area contributed by atoms with E-state index in [1.165, 1.54) is 0 Å². The number of carboxylic acid groups (broad SMARTS) is 1. The monoisotopic (exact) mass is 396 g/mol. The lowest BCUT2D eigenvalue weighted by Gasteiger charge is -2.23. The Kier molecular flexibility index (Phi) is 6.71. The predicted molar refractivity (Wildman–Crippen MR) is 115 cm³/mol. The van der Waals surface area contributed by atoms with E-state index < -0.39 is 12.1 Å². The van der Waals surface area contributed by atoms with Gasteiger partial charge in [-0.05, 0) is 52.4 Å². The SMILES string of the molecule is CCCCOC(C(=O)O)c1c(CC)cc2ccccc2c1-c1ccc(Cl)cc1. The quantitative estimate of drug-likeness (QED) is 0.433. The Bertz CT molecular complexity index is 963. The lowest BCUT2D eigenvalue weighted by Crippen LogP contribution is -2.19. The van der Waals surface area contributed by atoms with Gasteiger partial charge in [0.25, 0.3) is 0 Å². The van der Waals surface area contributed by atoms with Gasteiger partial charge in [-0.2, -0.15) is 0 Å². The first-order valence-electron chi connectivity index (χ1n) is 9.71. The number of unbranched alkanes of at least 4 members (excludes halogenated alkanes) is 1. The van der Waals surface area contributed by atoms with E-state index in [0.717, 1.165) is 52.3 Å². The number of halogens is 1. The minimum atomic E-state index is -1.00. The summed E-state index contributed by atoms with van der Waals surface area (Å²) in [6, 6.07) is 17.7. The number of aliphatic carboxylic acids is 1. The molecular formula is C24H25ClO3. The molecular weight excluding hydrogens is 372 g/mol. The van der Waals surface area contributed by atoms with Crippen LogP contribution in [0.25, 0.3) is 21.9 Å². The van der Waals surface area contributed by atoms with E-state index in [9.17, 15) is 9.90 Å². The molecule has 4 heteroatoms. The molecule has 3 aromatic carbocycles. The Morgan fingerprint density at radius 3 is 2.46 bits per heavy atom. The summed E-state index contributed by atoms with van der Waals surface area (Å²) in [4.78, 5) is 12.2. The summed E-state index contributed by atoms with van der Waals surface area (Å²) in [7, 11) is 0. The van der Waals surface area contributed by atoms with Gasteiger partial charge in [0.2, 0.25) is 0 Å². The summed E-state index contributed by atoms with van der Waals surface area (Å²) in [6.07, 6.45) is 1.50. The average molecular weight is 397 g/mol. The fraction of sp³-hybridized carbons (Fsp3) is 0.292. The van der Waals surface area contributed by atoms with Gasteiger partial charge in [0.1, 0.15) is 0 Å². The summed E-state index contributed by atoms with van der Waals surface area (Å²) in [5.41, 5.74) is 3.59. The van der Waals surface area contributed by atoms with Gasteiger partial charge in [-0.25, -0.2) is 4.79 Å². The molecule has 1 N–H and O–H groups in total. The number of hydrogen-bond acceptors (Lipinski definition) is 2. The van der Waals surface area contributed by atoms with Crippen molar-refractivity contribution in [2.45, 2.75) is 39.2 Å². The molecule has 0 saturated carbocycles. The summed E-state index contributed by atoms with van der Waals surface area (Å²) < 4.78 is 5.88. The molecule has 0 bridgehead atoms. The standard InChI is InChI=1S/C24H25ClO3/c1-3-5-14-28-23(24(26)27)22-16(4-2)15-18-8-6-7-9-20(18)21(22)17-10-12-19(25)13-11-17/h6-13,15,23H,3-5,14H2,1-2H3,(H,26,27). The molecule has 0 fully saturated rings. The molecule has 3 aromatic rings. The highest BCUT2D eigenvalue weighted by molar-refractivity contribution is 6.30. The molecule has 1 unspecified atom stereocenters. The zero-order valence-electron chi connectivity index (χ0n) is 16.2. The lowest BCUT2D eigenvalue weighted by molar-refractivity contribution is -0.151. The van der Waals surface area contributed by atoms with Crippen molar-refractivity contribution < 1.29 is 14.6 Å². The zero-order valence-corrected chi connectivity index (χ0v) is 17.0. The highest BCUT2D eigenvalue weighted by Gasteiger charge is 2.28. The summed E-state index contributed by atoms with van der Waals surface area (Å²) >= 11 is 6.09. The van der Waals surface area contributed by atoms with Gasteiger partial charge < -0.3 is 9.84 Å². The Balaban J connectivity index is 2.30. The molecule has 1 atom stereocenters. The van der Waals surface area contributed by atoms with E-state index in [0.29, 0.717) is 11.6 Å². The van der Waals surface area contributed by atoms with Gasteiger partial charge in [-0.15, -0.1) is 0 Å². The van der Waals surface area contributed by atoms with Crippen LogP contribution in [0.4, 0.5) is 0 Å².